The van der Waals surface area contributed by atoms with Crippen molar-refractivity contribution in [1.82, 2.24) is 19.4 Å². The summed E-state index contributed by atoms with van der Waals surface area (Å²) in [5, 5.41) is 3.81. The fourth-order valence-corrected chi connectivity index (χ4v) is 5.21. The monoisotopic (exact) mass is 612 g/mol. The lowest BCUT2D eigenvalue weighted by Gasteiger charge is -2.14. The molecule has 1 fully saturated rings. The van der Waals surface area contributed by atoms with E-state index in [0.29, 0.717) is 33.1 Å². The number of carbonyl (C=O) groups excluding carboxylic acids is 2. The molecule has 2 aromatic carbocycles. The standard InChI is InChI=1S/C22H15ClF6N4O4S2/c23-15-3-2-13(16(9-15)21(24,25)26)11-33-17-4-1-12(7-14(17)10-30-33)8-18-19(34)32(20(35)38-18)6-5-31-39(36,37)22(27,28)29/h1-4,7-10,31H,5-6,11H2. The number of halogens is 7. The van der Waals surface area contributed by atoms with Crippen LogP contribution < -0.4 is 4.72 Å². The van der Waals surface area contributed by atoms with E-state index < -0.39 is 51.5 Å². The van der Waals surface area contributed by atoms with E-state index in [1.807, 2.05) is 0 Å². The Morgan fingerprint density at radius 2 is 1.77 bits per heavy atom. The SMILES string of the molecule is O=C1SC(=Cc2ccc3c(cnn3Cc3ccc(Cl)cc3C(F)(F)F)c2)C(=O)N1CCNS(=O)(=O)C(F)(F)F. The van der Waals surface area contributed by atoms with Gasteiger partial charge in [-0.05, 0) is 53.2 Å². The number of hydrogen-bond acceptors (Lipinski definition) is 6. The molecule has 1 N–H and O–H groups in total. The van der Waals surface area contributed by atoms with Crippen molar-refractivity contribution < 1.29 is 44.3 Å². The smallest absolute Gasteiger partial charge is 0.268 e. The second-order valence-corrected chi connectivity index (χ2v) is 11.3. The van der Waals surface area contributed by atoms with Gasteiger partial charge in [0.05, 0.1) is 28.7 Å². The van der Waals surface area contributed by atoms with Crippen LogP contribution in [0, 0.1) is 0 Å². The first-order valence-corrected chi connectivity index (χ1v) is 13.4. The van der Waals surface area contributed by atoms with Crippen LogP contribution in [0.1, 0.15) is 16.7 Å². The van der Waals surface area contributed by atoms with Crippen LogP contribution in [-0.4, -0.2) is 52.8 Å². The van der Waals surface area contributed by atoms with E-state index in [2.05, 4.69) is 5.10 Å². The molecule has 0 bridgehead atoms. The van der Waals surface area contributed by atoms with E-state index in [4.69, 9.17) is 11.6 Å². The summed E-state index contributed by atoms with van der Waals surface area (Å²) in [6, 6.07) is 8.12. The zero-order valence-corrected chi connectivity index (χ0v) is 21.6. The Labute approximate surface area is 225 Å². The van der Waals surface area contributed by atoms with Crippen LogP contribution in [0.4, 0.5) is 31.1 Å². The summed E-state index contributed by atoms with van der Waals surface area (Å²) in [6.07, 6.45) is -1.86. The third-order valence-corrected chi connectivity index (χ3v) is 7.80. The van der Waals surface area contributed by atoms with Gasteiger partial charge in [-0.2, -0.15) is 31.4 Å². The summed E-state index contributed by atoms with van der Waals surface area (Å²) in [4.78, 5) is 25.3. The maximum Gasteiger partial charge on any atom is 0.511 e. The van der Waals surface area contributed by atoms with Crippen molar-refractivity contribution in [2.24, 2.45) is 0 Å². The molecule has 0 aliphatic carbocycles. The quantitative estimate of drug-likeness (QED) is 0.290. The first-order chi connectivity index (χ1) is 18.1. The minimum atomic E-state index is -5.63. The first kappa shape index (κ1) is 28.9. The van der Waals surface area contributed by atoms with Crippen LogP contribution in [0.2, 0.25) is 5.02 Å². The van der Waals surface area contributed by atoms with Gasteiger partial charge in [-0.1, -0.05) is 23.7 Å². The summed E-state index contributed by atoms with van der Waals surface area (Å²) >= 11 is 6.25. The lowest BCUT2D eigenvalue weighted by molar-refractivity contribution is -0.138. The lowest BCUT2D eigenvalue weighted by Crippen LogP contribution is -2.42. The van der Waals surface area contributed by atoms with Crippen LogP contribution in [0.5, 0.6) is 0 Å². The zero-order valence-electron chi connectivity index (χ0n) is 19.2. The Morgan fingerprint density at radius 3 is 2.44 bits per heavy atom. The van der Waals surface area contributed by atoms with E-state index >= 15 is 0 Å². The molecule has 4 rings (SSSR count). The van der Waals surface area contributed by atoms with Crippen molar-refractivity contribution in [1.29, 1.82) is 0 Å². The van der Waals surface area contributed by atoms with E-state index in [0.717, 1.165) is 6.07 Å². The van der Waals surface area contributed by atoms with E-state index in [-0.39, 0.29) is 22.0 Å². The van der Waals surface area contributed by atoms with Gasteiger partial charge in [-0.3, -0.25) is 19.2 Å². The molecule has 0 unspecified atom stereocenters. The molecule has 8 nitrogen and oxygen atoms in total. The highest BCUT2D eigenvalue weighted by molar-refractivity contribution is 8.18. The minimum absolute atomic E-state index is 0.0489. The number of aromatic nitrogens is 2. The summed E-state index contributed by atoms with van der Waals surface area (Å²) < 4.78 is 102. The fourth-order valence-electron chi connectivity index (χ4n) is 3.65. The molecule has 2 amide bonds. The molecule has 3 aromatic rings. The van der Waals surface area contributed by atoms with Gasteiger partial charge in [-0.15, -0.1) is 0 Å². The molecule has 0 atom stereocenters. The number of carbonyl (C=O) groups is 2. The molecule has 0 spiro atoms. The Kier molecular flexibility index (Phi) is 7.77. The maximum absolute atomic E-state index is 13.4. The number of rotatable bonds is 7. The highest BCUT2D eigenvalue weighted by Crippen LogP contribution is 2.35. The Morgan fingerprint density at radius 1 is 1.05 bits per heavy atom. The molecule has 2 heterocycles. The molecular weight excluding hydrogens is 598 g/mol. The van der Waals surface area contributed by atoms with Crippen molar-refractivity contribution in [3.63, 3.8) is 0 Å². The predicted molar refractivity (Wildman–Crippen MR) is 131 cm³/mol. The van der Waals surface area contributed by atoms with Crippen LogP contribution in [-0.2, 0) is 27.5 Å². The molecule has 208 valence electrons. The topological polar surface area (TPSA) is 101 Å². The summed E-state index contributed by atoms with van der Waals surface area (Å²) in [6.45, 7) is -1.65. The van der Waals surface area contributed by atoms with Gasteiger partial charge < -0.3 is 0 Å². The third kappa shape index (κ3) is 6.23. The number of sulfonamides is 1. The summed E-state index contributed by atoms with van der Waals surface area (Å²) in [5.41, 5.74) is -5.55. The van der Waals surface area contributed by atoms with Crippen molar-refractivity contribution in [2.45, 2.75) is 18.2 Å². The van der Waals surface area contributed by atoms with Crippen LogP contribution in [0.3, 0.4) is 0 Å². The lowest BCUT2D eigenvalue weighted by atomic mass is 10.1. The fraction of sp³-hybridized carbons (Fsp3) is 0.227. The maximum atomic E-state index is 13.4. The van der Waals surface area contributed by atoms with Gasteiger partial charge >= 0.3 is 21.7 Å². The molecular formula is C22H15ClF6N4O4S2. The highest BCUT2D eigenvalue weighted by atomic mass is 35.5. The van der Waals surface area contributed by atoms with Crippen molar-refractivity contribution in [3.8, 4) is 0 Å². The van der Waals surface area contributed by atoms with Gasteiger partial charge in [0.1, 0.15) is 0 Å². The number of amides is 2. The van der Waals surface area contributed by atoms with Crippen molar-refractivity contribution in [3.05, 3.63) is 69.2 Å². The Bertz CT molecular complexity index is 1600. The van der Waals surface area contributed by atoms with Gasteiger partial charge in [0.15, 0.2) is 0 Å². The van der Waals surface area contributed by atoms with E-state index in [9.17, 15) is 44.3 Å². The van der Waals surface area contributed by atoms with Crippen molar-refractivity contribution in [2.75, 3.05) is 13.1 Å². The van der Waals surface area contributed by atoms with Crippen LogP contribution in [0.25, 0.3) is 17.0 Å². The Hall–Kier alpha value is -3.08. The average Bonchev–Trinajstić information content (AvgIpc) is 3.33. The molecule has 17 heteroatoms. The molecule has 1 aromatic heterocycles. The highest BCUT2D eigenvalue weighted by Gasteiger charge is 2.46. The van der Waals surface area contributed by atoms with Crippen molar-refractivity contribution >= 4 is 61.5 Å². The molecule has 39 heavy (non-hydrogen) atoms. The largest absolute Gasteiger partial charge is 0.511 e. The van der Waals surface area contributed by atoms with Crippen LogP contribution in [0.15, 0.2) is 47.5 Å². The first-order valence-electron chi connectivity index (χ1n) is 10.7. The van der Waals surface area contributed by atoms with Gasteiger partial charge in [-0.25, -0.2) is 13.1 Å². The number of hydrogen-bond donors (Lipinski definition) is 1. The van der Waals surface area contributed by atoms with Gasteiger partial charge in [0, 0.05) is 23.5 Å². The zero-order chi connectivity index (χ0) is 28.8. The predicted octanol–water partition coefficient (Wildman–Crippen LogP) is 5.23. The molecule has 1 aliphatic heterocycles. The summed E-state index contributed by atoms with van der Waals surface area (Å²) in [7, 11) is -5.63. The third-order valence-electron chi connectivity index (χ3n) is 5.47. The molecule has 1 aliphatic rings. The van der Waals surface area contributed by atoms with E-state index in [1.54, 1.807) is 18.2 Å². The van der Waals surface area contributed by atoms with E-state index in [1.165, 1.54) is 33.8 Å². The van der Waals surface area contributed by atoms with Gasteiger partial charge in [0.25, 0.3) is 11.1 Å². The normalized spacial score (nSPS) is 16.2. The second kappa shape index (κ2) is 10.5. The van der Waals surface area contributed by atoms with Gasteiger partial charge in [0.2, 0.25) is 0 Å². The minimum Gasteiger partial charge on any atom is -0.268 e. The Balaban J connectivity index is 1.50. The second-order valence-electron chi connectivity index (χ2n) is 8.10. The molecule has 0 saturated carbocycles. The number of alkyl halides is 6. The number of benzene rings is 2. The molecule has 1 saturated heterocycles. The molecule has 0 radical (unpaired) electrons. The summed E-state index contributed by atoms with van der Waals surface area (Å²) in [5.74, 6) is -0.825. The number of imide groups is 1. The number of nitrogens with zero attached hydrogens (tertiary/aromatic N) is 3. The van der Waals surface area contributed by atoms with Crippen LogP contribution >= 0.6 is 23.4 Å². The number of fused-ring (bicyclic) bond motifs is 1. The number of nitrogens with one attached hydrogen (secondary N) is 1. The average molecular weight is 613 g/mol. The number of thioether (sulfide) groups is 1.